The van der Waals surface area contributed by atoms with Crippen molar-refractivity contribution in [3.05, 3.63) is 57.7 Å². The molecule has 1 aromatic carbocycles. The molecule has 0 saturated heterocycles. The number of amides is 1. The summed E-state index contributed by atoms with van der Waals surface area (Å²) >= 11 is 0. The lowest BCUT2D eigenvalue weighted by Gasteiger charge is -2.06. The van der Waals surface area contributed by atoms with Crippen molar-refractivity contribution in [2.75, 3.05) is 11.9 Å². The third-order valence-corrected chi connectivity index (χ3v) is 3.07. The zero-order chi connectivity index (χ0) is 17.2. The molecule has 0 heterocycles. The van der Waals surface area contributed by atoms with E-state index in [1.807, 2.05) is 13.0 Å². The Bertz CT molecular complexity index is 617. The van der Waals surface area contributed by atoms with Crippen LogP contribution in [-0.4, -0.2) is 17.6 Å². The molecule has 124 valence electrons. The minimum absolute atomic E-state index is 0.117. The summed E-state index contributed by atoms with van der Waals surface area (Å²) < 4.78 is 5.01. The molecule has 0 aromatic heterocycles. The second kappa shape index (κ2) is 9.40. The summed E-state index contributed by atoms with van der Waals surface area (Å²) in [4.78, 5) is 22.0. The predicted octanol–water partition coefficient (Wildman–Crippen LogP) is 4.84. The highest BCUT2D eigenvalue weighted by Gasteiger charge is 2.14. The number of para-hydroxylation sites is 2. The first kappa shape index (κ1) is 18.4. The van der Waals surface area contributed by atoms with E-state index in [2.05, 4.69) is 25.2 Å². The van der Waals surface area contributed by atoms with Crippen LogP contribution in [0, 0.1) is 10.1 Å². The summed E-state index contributed by atoms with van der Waals surface area (Å²) in [6.45, 7) is 6.21. The molecule has 0 aliphatic heterocycles. The largest absolute Gasteiger partial charge is 0.445 e. The van der Waals surface area contributed by atoms with E-state index in [9.17, 15) is 14.9 Å². The standard InChI is InChI=1S/C17H22N2O4/c1-13(2)7-6-8-14(3)11-12-23-17(20)18-15-9-4-5-10-16(15)19(21)22/h4-5,7,9-11H,6,8,12H2,1-3H3,(H,18,20)/b14-11+. The fourth-order valence-electron chi connectivity index (χ4n) is 1.83. The van der Waals surface area contributed by atoms with E-state index in [-0.39, 0.29) is 18.0 Å². The second-order valence-corrected chi connectivity index (χ2v) is 5.37. The molecule has 0 aliphatic carbocycles. The van der Waals surface area contributed by atoms with Gasteiger partial charge in [-0.3, -0.25) is 15.4 Å². The first-order valence-electron chi connectivity index (χ1n) is 7.36. The Morgan fingerprint density at radius 3 is 2.61 bits per heavy atom. The molecule has 0 atom stereocenters. The number of nitro groups is 1. The van der Waals surface area contributed by atoms with Gasteiger partial charge in [0.25, 0.3) is 5.69 Å². The quantitative estimate of drug-likeness (QED) is 0.443. The van der Waals surface area contributed by atoms with Gasteiger partial charge in [0.1, 0.15) is 12.3 Å². The highest BCUT2D eigenvalue weighted by Crippen LogP contribution is 2.23. The molecule has 0 unspecified atom stereocenters. The molecule has 23 heavy (non-hydrogen) atoms. The summed E-state index contributed by atoms with van der Waals surface area (Å²) in [7, 11) is 0. The maximum atomic E-state index is 11.7. The van der Waals surface area contributed by atoms with Crippen molar-refractivity contribution in [2.24, 2.45) is 0 Å². The first-order valence-corrected chi connectivity index (χ1v) is 7.36. The van der Waals surface area contributed by atoms with E-state index in [1.165, 1.54) is 23.8 Å². The Kier molecular flexibility index (Phi) is 7.53. The Labute approximate surface area is 136 Å². The van der Waals surface area contributed by atoms with Crippen LogP contribution in [0.3, 0.4) is 0 Å². The number of hydrogen-bond acceptors (Lipinski definition) is 4. The predicted molar refractivity (Wildman–Crippen MR) is 90.5 cm³/mol. The van der Waals surface area contributed by atoms with E-state index < -0.39 is 11.0 Å². The van der Waals surface area contributed by atoms with Crippen LogP contribution in [0.1, 0.15) is 33.6 Å². The maximum absolute atomic E-state index is 11.7. The number of nitrogens with one attached hydrogen (secondary N) is 1. The van der Waals surface area contributed by atoms with E-state index in [4.69, 9.17) is 4.74 Å². The van der Waals surface area contributed by atoms with Crippen LogP contribution in [0.15, 0.2) is 47.6 Å². The lowest BCUT2D eigenvalue weighted by atomic mass is 10.1. The van der Waals surface area contributed by atoms with Crippen LogP contribution in [0.25, 0.3) is 0 Å². The molecular weight excluding hydrogens is 296 g/mol. The molecule has 0 aliphatic rings. The number of hydrogen-bond donors (Lipinski definition) is 1. The van der Waals surface area contributed by atoms with Gasteiger partial charge in [-0.1, -0.05) is 29.4 Å². The van der Waals surface area contributed by atoms with Crippen molar-refractivity contribution in [1.29, 1.82) is 0 Å². The Morgan fingerprint density at radius 2 is 1.96 bits per heavy atom. The van der Waals surface area contributed by atoms with Crippen molar-refractivity contribution in [3.63, 3.8) is 0 Å². The SMILES string of the molecule is CC(C)=CCC/C(C)=C/COC(=O)Nc1ccccc1[N+](=O)[O-]. The fourth-order valence-corrected chi connectivity index (χ4v) is 1.83. The zero-order valence-corrected chi connectivity index (χ0v) is 13.7. The summed E-state index contributed by atoms with van der Waals surface area (Å²) in [5.41, 5.74) is 2.35. The van der Waals surface area contributed by atoms with Crippen molar-refractivity contribution in [1.82, 2.24) is 0 Å². The van der Waals surface area contributed by atoms with Gasteiger partial charge in [0, 0.05) is 6.07 Å². The van der Waals surface area contributed by atoms with Gasteiger partial charge in [0.05, 0.1) is 4.92 Å². The van der Waals surface area contributed by atoms with Gasteiger partial charge in [-0.15, -0.1) is 0 Å². The highest BCUT2D eigenvalue weighted by atomic mass is 16.6. The minimum Gasteiger partial charge on any atom is -0.445 e. The average molecular weight is 318 g/mol. The van der Waals surface area contributed by atoms with E-state index in [1.54, 1.807) is 6.07 Å². The number of anilines is 1. The maximum Gasteiger partial charge on any atom is 0.412 e. The lowest BCUT2D eigenvalue weighted by Crippen LogP contribution is -2.14. The normalized spacial score (nSPS) is 10.8. The molecule has 0 radical (unpaired) electrons. The number of nitrogens with zero attached hydrogens (tertiary/aromatic N) is 1. The summed E-state index contributed by atoms with van der Waals surface area (Å²) in [5.74, 6) is 0. The zero-order valence-electron chi connectivity index (χ0n) is 13.7. The highest BCUT2D eigenvalue weighted by molar-refractivity contribution is 5.87. The topological polar surface area (TPSA) is 81.5 Å². The van der Waals surface area contributed by atoms with Gasteiger partial charge in [-0.2, -0.15) is 0 Å². The number of rotatable bonds is 7. The summed E-state index contributed by atoms with van der Waals surface area (Å²) in [6.07, 6.45) is 5.12. The van der Waals surface area contributed by atoms with Crippen molar-refractivity contribution in [2.45, 2.75) is 33.6 Å². The summed E-state index contributed by atoms with van der Waals surface area (Å²) in [5, 5.41) is 13.2. The Hall–Kier alpha value is -2.63. The molecule has 0 fully saturated rings. The van der Waals surface area contributed by atoms with Crippen LogP contribution in [0.5, 0.6) is 0 Å². The summed E-state index contributed by atoms with van der Waals surface area (Å²) in [6, 6.07) is 5.92. The molecule has 1 aromatic rings. The van der Waals surface area contributed by atoms with Crippen molar-refractivity contribution in [3.8, 4) is 0 Å². The number of nitro benzene ring substituents is 1. The molecule has 6 nitrogen and oxygen atoms in total. The number of carbonyl (C=O) groups is 1. The second-order valence-electron chi connectivity index (χ2n) is 5.37. The monoisotopic (exact) mass is 318 g/mol. The van der Waals surface area contributed by atoms with Crippen LogP contribution in [-0.2, 0) is 4.74 Å². The molecule has 0 spiro atoms. The van der Waals surface area contributed by atoms with Gasteiger partial charge in [-0.25, -0.2) is 4.79 Å². The molecule has 1 N–H and O–H groups in total. The minimum atomic E-state index is -0.715. The lowest BCUT2D eigenvalue weighted by molar-refractivity contribution is -0.383. The third kappa shape index (κ3) is 7.26. The molecule has 6 heteroatoms. The molecule has 1 rings (SSSR count). The van der Waals surface area contributed by atoms with Crippen LogP contribution < -0.4 is 5.32 Å². The third-order valence-electron chi connectivity index (χ3n) is 3.07. The van der Waals surface area contributed by atoms with Crippen LogP contribution in [0.2, 0.25) is 0 Å². The van der Waals surface area contributed by atoms with Gasteiger partial charge >= 0.3 is 6.09 Å². The number of carbonyl (C=O) groups excluding carboxylic acids is 1. The van der Waals surface area contributed by atoms with Gasteiger partial charge in [-0.05, 0) is 45.8 Å². The smallest absolute Gasteiger partial charge is 0.412 e. The van der Waals surface area contributed by atoms with E-state index in [0.29, 0.717) is 0 Å². The number of ether oxygens (including phenoxy) is 1. The first-order chi connectivity index (χ1) is 10.9. The molecular formula is C17H22N2O4. The number of allylic oxidation sites excluding steroid dienone is 3. The Morgan fingerprint density at radius 1 is 1.26 bits per heavy atom. The fraction of sp³-hybridized carbons (Fsp3) is 0.353. The van der Waals surface area contributed by atoms with Gasteiger partial charge in [0.15, 0.2) is 0 Å². The number of benzene rings is 1. The van der Waals surface area contributed by atoms with Crippen molar-refractivity contribution < 1.29 is 14.5 Å². The molecule has 0 saturated carbocycles. The van der Waals surface area contributed by atoms with Gasteiger partial charge in [0.2, 0.25) is 0 Å². The molecule has 0 bridgehead atoms. The average Bonchev–Trinajstić information content (AvgIpc) is 2.47. The van der Waals surface area contributed by atoms with Crippen LogP contribution >= 0.6 is 0 Å². The Balaban J connectivity index is 2.46. The van der Waals surface area contributed by atoms with Crippen LogP contribution in [0.4, 0.5) is 16.2 Å². The molecule has 1 amide bonds. The van der Waals surface area contributed by atoms with Crippen molar-refractivity contribution >= 4 is 17.5 Å². The van der Waals surface area contributed by atoms with E-state index in [0.717, 1.165) is 18.4 Å². The van der Waals surface area contributed by atoms with Gasteiger partial charge < -0.3 is 4.74 Å². The van der Waals surface area contributed by atoms with E-state index >= 15 is 0 Å².